The number of benzene rings is 2. The molecule has 0 aliphatic rings. The number of hydrogen-bond donors (Lipinski definition) is 0. The zero-order valence-electron chi connectivity index (χ0n) is 24.3. The first-order valence-corrected chi connectivity index (χ1v) is 16.9. The van der Waals surface area contributed by atoms with Crippen molar-refractivity contribution < 1.29 is 22.0 Å². The summed E-state index contributed by atoms with van der Waals surface area (Å²) in [5.74, 6) is 2.13. The molecular formula is C32H51BF4OS. The Bertz CT molecular complexity index is 796. The van der Waals surface area contributed by atoms with Crippen LogP contribution >= 0.6 is 0 Å². The molecule has 2 rings (SSSR count). The van der Waals surface area contributed by atoms with Gasteiger partial charge in [0.1, 0.15) is 17.8 Å². The third-order valence-corrected chi connectivity index (χ3v) is 8.56. The molecule has 0 aliphatic carbocycles. The van der Waals surface area contributed by atoms with E-state index in [1.165, 1.54) is 113 Å². The fourth-order valence-corrected chi connectivity index (χ4v) is 5.98. The van der Waals surface area contributed by atoms with Gasteiger partial charge in [0.2, 0.25) is 0 Å². The highest BCUT2D eigenvalue weighted by atomic mass is 32.2. The molecule has 0 amide bonds. The van der Waals surface area contributed by atoms with Crippen molar-refractivity contribution in [3.8, 4) is 5.75 Å². The molecule has 222 valence electrons. The summed E-state index contributed by atoms with van der Waals surface area (Å²) >= 11 is 0. The van der Waals surface area contributed by atoms with Crippen molar-refractivity contribution in [2.75, 3.05) is 12.9 Å². The van der Waals surface area contributed by atoms with Crippen LogP contribution in [0.5, 0.6) is 5.75 Å². The number of ether oxygens (including phenoxy) is 1. The van der Waals surface area contributed by atoms with Crippen molar-refractivity contribution in [3.63, 3.8) is 0 Å². The summed E-state index contributed by atoms with van der Waals surface area (Å²) in [6.07, 6.45) is 24.8. The van der Waals surface area contributed by atoms with Crippen LogP contribution < -0.4 is 4.74 Å². The summed E-state index contributed by atoms with van der Waals surface area (Å²) < 4.78 is 45.0. The van der Waals surface area contributed by atoms with Crippen molar-refractivity contribution in [1.82, 2.24) is 0 Å². The third-order valence-electron chi connectivity index (χ3n) is 6.72. The Labute approximate surface area is 239 Å². The van der Waals surface area contributed by atoms with Crippen LogP contribution in [0.4, 0.5) is 17.3 Å². The van der Waals surface area contributed by atoms with E-state index in [-0.39, 0.29) is 10.9 Å². The van der Waals surface area contributed by atoms with Gasteiger partial charge in [-0.2, -0.15) is 0 Å². The summed E-state index contributed by atoms with van der Waals surface area (Å²) in [5, 5.41) is 0. The fraction of sp³-hybridized carbons (Fsp3) is 0.625. The van der Waals surface area contributed by atoms with E-state index in [0.717, 1.165) is 18.1 Å². The largest absolute Gasteiger partial charge is 0.673 e. The van der Waals surface area contributed by atoms with Crippen molar-refractivity contribution in [2.45, 2.75) is 120 Å². The first-order chi connectivity index (χ1) is 18.8. The normalized spacial score (nSPS) is 12.1. The van der Waals surface area contributed by atoms with E-state index in [0.29, 0.717) is 0 Å². The van der Waals surface area contributed by atoms with Crippen LogP contribution in [-0.4, -0.2) is 20.1 Å². The lowest BCUT2D eigenvalue weighted by atomic mass is 10.0. The summed E-state index contributed by atoms with van der Waals surface area (Å²) in [6, 6.07) is 19.6. The van der Waals surface area contributed by atoms with Gasteiger partial charge in [-0.15, -0.1) is 0 Å². The SMILES string of the molecule is CCCCCCCCCCCCCCCCCCOc1ccc([S+](C)Cc2ccccc2)cc1.F[B-](F)(F)F. The number of unbranched alkanes of at least 4 members (excludes halogenated alkanes) is 15. The lowest BCUT2D eigenvalue weighted by Gasteiger charge is -2.08. The Morgan fingerprint density at radius 2 is 1.00 bits per heavy atom. The van der Waals surface area contributed by atoms with Crippen molar-refractivity contribution in [2.24, 2.45) is 0 Å². The molecule has 1 nitrogen and oxygen atoms in total. The first kappa shape index (κ1) is 35.4. The van der Waals surface area contributed by atoms with Crippen LogP contribution in [0, 0.1) is 0 Å². The van der Waals surface area contributed by atoms with Gasteiger partial charge in [0.15, 0.2) is 4.90 Å². The molecule has 1 unspecified atom stereocenters. The number of hydrogen-bond acceptors (Lipinski definition) is 1. The molecule has 0 N–H and O–H groups in total. The minimum Gasteiger partial charge on any atom is -0.494 e. The van der Waals surface area contributed by atoms with Gasteiger partial charge in [0.05, 0.1) is 6.61 Å². The molecule has 1 atom stereocenters. The average Bonchev–Trinajstić information content (AvgIpc) is 2.90. The summed E-state index contributed by atoms with van der Waals surface area (Å²) in [5.41, 5.74) is 1.41. The van der Waals surface area contributed by atoms with Gasteiger partial charge in [0, 0.05) is 16.5 Å². The molecule has 0 aliphatic heterocycles. The van der Waals surface area contributed by atoms with Crippen molar-refractivity contribution in [3.05, 3.63) is 60.2 Å². The van der Waals surface area contributed by atoms with Gasteiger partial charge in [-0.05, 0) is 30.7 Å². The summed E-state index contributed by atoms with van der Waals surface area (Å²) in [6.45, 7) is 3.14. The van der Waals surface area contributed by atoms with Crippen LogP contribution in [-0.2, 0) is 16.6 Å². The highest BCUT2D eigenvalue weighted by Gasteiger charge is 2.20. The molecule has 2 aromatic carbocycles. The van der Waals surface area contributed by atoms with E-state index in [4.69, 9.17) is 4.74 Å². The van der Waals surface area contributed by atoms with E-state index >= 15 is 0 Å². The van der Waals surface area contributed by atoms with Crippen LogP contribution in [0.25, 0.3) is 0 Å². The Balaban J connectivity index is 0.00000139. The Hall–Kier alpha value is -1.63. The molecule has 0 spiro atoms. The average molecular weight is 571 g/mol. The number of rotatable bonds is 21. The lowest BCUT2D eigenvalue weighted by molar-refractivity contribution is 0.304. The molecule has 0 radical (unpaired) electrons. The maximum absolute atomic E-state index is 9.75. The van der Waals surface area contributed by atoms with Gasteiger partial charge in [0.25, 0.3) is 0 Å². The lowest BCUT2D eigenvalue weighted by Crippen LogP contribution is -2.04. The monoisotopic (exact) mass is 570 g/mol. The van der Waals surface area contributed by atoms with E-state index in [2.05, 4.69) is 67.8 Å². The molecule has 7 heteroatoms. The maximum atomic E-state index is 9.75. The van der Waals surface area contributed by atoms with E-state index in [9.17, 15) is 17.3 Å². The smallest absolute Gasteiger partial charge is 0.494 e. The second kappa shape index (κ2) is 23.1. The van der Waals surface area contributed by atoms with Crippen molar-refractivity contribution >= 4 is 18.1 Å². The van der Waals surface area contributed by atoms with Crippen LogP contribution in [0.2, 0.25) is 0 Å². The minimum absolute atomic E-state index is 0.233. The Kier molecular flexibility index (Phi) is 21.0. The van der Waals surface area contributed by atoms with E-state index in [1.807, 2.05) is 0 Å². The molecule has 0 saturated carbocycles. The van der Waals surface area contributed by atoms with Gasteiger partial charge in [-0.1, -0.05) is 134 Å². The van der Waals surface area contributed by atoms with Gasteiger partial charge in [-0.25, -0.2) is 0 Å². The van der Waals surface area contributed by atoms with Gasteiger partial charge >= 0.3 is 7.25 Å². The molecule has 39 heavy (non-hydrogen) atoms. The highest BCUT2D eigenvalue weighted by molar-refractivity contribution is 7.95. The molecule has 2 aromatic rings. The van der Waals surface area contributed by atoms with Gasteiger partial charge in [-0.3, -0.25) is 0 Å². The molecular weight excluding hydrogens is 519 g/mol. The van der Waals surface area contributed by atoms with Gasteiger partial charge < -0.3 is 22.0 Å². The molecule has 0 fully saturated rings. The summed E-state index contributed by atoms with van der Waals surface area (Å²) in [4.78, 5) is 1.42. The van der Waals surface area contributed by atoms with E-state index in [1.54, 1.807) is 0 Å². The Morgan fingerprint density at radius 3 is 1.44 bits per heavy atom. The second-order valence-electron chi connectivity index (χ2n) is 10.4. The highest BCUT2D eigenvalue weighted by Crippen LogP contribution is 2.21. The molecule has 0 bridgehead atoms. The molecule has 0 aromatic heterocycles. The first-order valence-electron chi connectivity index (χ1n) is 15.1. The zero-order chi connectivity index (χ0) is 28.6. The number of halogens is 4. The van der Waals surface area contributed by atoms with E-state index < -0.39 is 7.25 Å². The molecule has 0 saturated heterocycles. The molecule has 0 heterocycles. The Morgan fingerprint density at radius 1 is 0.590 bits per heavy atom. The quantitative estimate of drug-likeness (QED) is 0.0628. The predicted molar refractivity (Wildman–Crippen MR) is 163 cm³/mol. The second-order valence-corrected chi connectivity index (χ2v) is 12.4. The maximum Gasteiger partial charge on any atom is 0.673 e. The standard InChI is InChI=1S/C32H51OS.BF4/c1-3-4-5-6-7-8-9-10-11-12-13-14-15-16-17-21-28-33-31-24-26-32(27-25-31)34(2)29-30-22-19-18-20-23-30;2-1(3,4)5/h18-20,22-27H,3-17,21,28-29H2,1-2H3;/q+1;-1. The third kappa shape index (κ3) is 22.8. The van der Waals surface area contributed by atoms with Crippen molar-refractivity contribution in [1.29, 1.82) is 0 Å². The van der Waals surface area contributed by atoms with Crippen LogP contribution in [0.3, 0.4) is 0 Å². The minimum atomic E-state index is -6.00. The fourth-order valence-electron chi connectivity index (χ4n) is 4.52. The summed E-state index contributed by atoms with van der Waals surface area (Å²) in [7, 11) is -5.77. The topological polar surface area (TPSA) is 9.23 Å². The zero-order valence-corrected chi connectivity index (χ0v) is 25.1. The van der Waals surface area contributed by atoms with Crippen LogP contribution in [0.1, 0.15) is 115 Å². The van der Waals surface area contributed by atoms with Crippen LogP contribution in [0.15, 0.2) is 59.5 Å². The predicted octanol–water partition coefficient (Wildman–Crippen LogP) is 11.4.